The Morgan fingerprint density at radius 2 is 2.36 bits per heavy atom. The fourth-order valence-electron chi connectivity index (χ4n) is 2.45. The van der Waals surface area contributed by atoms with Gasteiger partial charge in [-0.05, 0) is 19.4 Å². The van der Waals surface area contributed by atoms with E-state index in [1.807, 2.05) is 6.92 Å². The zero-order chi connectivity index (χ0) is 16.1. The van der Waals surface area contributed by atoms with Crippen molar-refractivity contribution in [3.8, 4) is 0 Å². The van der Waals surface area contributed by atoms with Gasteiger partial charge in [-0.1, -0.05) is 12.1 Å². The molecule has 2 atom stereocenters. The number of nitrogens with zero attached hydrogens (tertiary/aromatic N) is 1. The van der Waals surface area contributed by atoms with Gasteiger partial charge in [-0.2, -0.15) is 0 Å². The molecule has 1 saturated heterocycles. The Morgan fingerprint density at radius 3 is 3.00 bits per heavy atom. The molecule has 2 N–H and O–H groups in total. The number of carbonyl (C=O) groups excluding carboxylic acids is 1. The number of benzene rings is 1. The van der Waals surface area contributed by atoms with E-state index in [9.17, 15) is 14.9 Å². The summed E-state index contributed by atoms with van der Waals surface area (Å²) in [6.45, 7) is 5.45. The van der Waals surface area contributed by atoms with Gasteiger partial charge in [0.25, 0.3) is 5.69 Å². The first-order chi connectivity index (χ1) is 10.5. The molecule has 0 radical (unpaired) electrons. The molecule has 1 aliphatic rings. The van der Waals surface area contributed by atoms with Crippen LogP contribution in [0.2, 0.25) is 0 Å². The van der Waals surface area contributed by atoms with E-state index in [2.05, 4.69) is 10.6 Å². The average Bonchev–Trinajstić information content (AvgIpc) is 2.48. The summed E-state index contributed by atoms with van der Waals surface area (Å²) in [4.78, 5) is 22.6. The minimum absolute atomic E-state index is 0.0216. The highest BCUT2D eigenvalue weighted by molar-refractivity contribution is 5.77. The molecule has 0 aromatic heterocycles. The number of nitro groups is 1. The predicted octanol–water partition coefficient (Wildman–Crippen LogP) is 1.46. The molecule has 1 aromatic rings. The Bertz CT molecular complexity index is 556. The Hall–Kier alpha value is -1.99. The van der Waals surface area contributed by atoms with Crippen molar-refractivity contribution < 1.29 is 14.5 Å². The molecule has 0 bridgehead atoms. The first-order valence-corrected chi connectivity index (χ1v) is 7.33. The van der Waals surface area contributed by atoms with Crippen LogP contribution in [0.4, 0.5) is 5.69 Å². The van der Waals surface area contributed by atoms with Crippen LogP contribution in [0, 0.1) is 17.0 Å². The molecule has 1 amide bonds. The molecule has 1 fully saturated rings. The molecular formula is C15H21N3O4. The largest absolute Gasteiger partial charge is 0.378 e. The topological polar surface area (TPSA) is 93.5 Å². The first kappa shape index (κ1) is 16.4. The van der Waals surface area contributed by atoms with E-state index in [4.69, 9.17) is 4.74 Å². The van der Waals surface area contributed by atoms with Crippen molar-refractivity contribution in [2.24, 2.45) is 0 Å². The van der Waals surface area contributed by atoms with Gasteiger partial charge in [0.1, 0.15) is 0 Å². The van der Waals surface area contributed by atoms with Gasteiger partial charge in [0, 0.05) is 30.6 Å². The van der Waals surface area contributed by atoms with Crippen molar-refractivity contribution >= 4 is 11.6 Å². The van der Waals surface area contributed by atoms with Crippen molar-refractivity contribution in [1.82, 2.24) is 10.6 Å². The summed E-state index contributed by atoms with van der Waals surface area (Å²) in [6, 6.07) is 4.76. The van der Waals surface area contributed by atoms with Gasteiger partial charge in [-0.3, -0.25) is 14.9 Å². The molecule has 22 heavy (non-hydrogen) atoms. The quantitative estimate of drug-likeness (QED) is 0.634. The van der Waals surface area contributed by atoms with Gasteiger partial charge in [-0.15, -0.1) is 0 Å². The molecule has 0 spiro atoms. The molecular weight excluding hydrogens is 286 g/mol. The number of nitro benzene ring substituents is 1. The van der Waals surface area contributed by atoms with Crippen molar-refractivity contribution in [3.05, 3.63) is 39.4 Å². The normalized spacial score (nSPS) is 19.5. The lowest BCUT2D eigenvalue weighted by atomic mass is 10.0. The monoisotopic (exact) mass is 307 g/mol. The van der Waals surface area contributed by atoms with Crippen LogP contribution in [0.3, 0.4) is 0 Å². The number of hydrogen-bond donors (Lipinski definition) is 2. The second-order valence-electron chi connectivity index (χ2n) is 5.52. The predicted molar refractivity (Wildman–Crippen MR) is 81.6 cm³/mol. The molecule has 7 heteroatoms. The van der Waals surface area contributed by atoms with Crippen LogP contribution in [0.25, 0.3) is 0 Å². The van der Waals surface area contributed by atoms with E-state index in [0.717, 1.165) is 12.1 Å². The number of morpholine rings is 1. The molecule has 7 nitrogen and oxygen atoms in total. The highest BCUT2D eigenvalue weighted by Crippen LogP contribution is 2.23. The van der Waals surface area contributed by atoms with Gasteiger partial charge in [0.2, 0.25) is 5.91 Å². The van der Waals surface area contributed by atoms with E-state index >= 15 is 0 Å². The Kier molecular flexibility index (Phi) is 5.46. The van der Waals surface area contributed by atoms with Crippen molar-refractivity contribution in [2.75, 3.05) is 19.8 Å². The maximum Gasteiger partial charge on any atom is 0.272 e. The summed E-state index contributed by atoms with van der Waals surface area (Å²) in [7, 11) is 0. The minimum atomic E-state index is -0.406. The third-order valence-corrected chi connectivity index (χ3v) is 3.74. The van der Waals surface area contributed by atoms with E-state index in [1.54, 1.807) is 19.1 Å². The Morgan fingerprint density at radius 1 is 1.59 bits per heavy atom. The molecule has 1 heterocycles. The van der Waals surface area contributed by atoms with Crippen molar-refractivity contribution in [2.45, 2.75) is 32.4 Å². The molecule has 2 rings (SSSR count). The molecule has 1 aliphatic heterocycles. The van der Waals surface area contributed by atoms with E-state index < -0.39 is 4.92 Å². The van der Waals surface area contributed by atoms with Crippen LogP contribution < -0.4 is 10.6 Å². The third kappa shape index (κ3) is 4.25. The van der Waals surface area contributed by atoms with Gasteiger partial charge in [0.05, 0.1) is 24.2 Å². The molecule has 0 saturated carbocycles. The zero-order valence-corrected chi connectivity index (χ0v) is 12.8. The second kappa shape index (κ2) is 7.33. The van der Waals surface area contributed by atoms with Gasteiger partial charge in [0.15, 0.2) is 0 Å². The summed E-state index contributed by atoms with van der Waals surface area (Å²) in [5.41, 5.74) is 1.40. The highest BCUT2D eigenvalue weighted by Gasteiger charge is 2.19. The minimum Gasteiger partial charge on any atom is -0.378 e. The molecule has 0 aliphatic carbocycles. The van der Waals surface area contributed by atoms with Crippen LogP contribution in [-0.4, -0.2) is 36.6 Å². The fourth-order valence-corrected chi connectivity index (χ4v) is 2.45. The van der Waals surface area contributed by atoms with Gasteiger partial charge < -0.3 is 15.4 Å². The van der Waals surface area contributed by atoms with Crippen LogP contribution in [0.5, 0.6) is 0 Å². The maximum absolute atomic E-state index is 12.0. The van der Waals surface area contributed by atoms with Crippen LogP contribution in [-0.2, 0) is 9.53 Å². The maximum atomic E-state index is 12.0. The summed E-state index contributed by atoms with van der Waals surface area (Å²) < 4.78 is 5.31. The smallest absolute Gasteiger partial charge is 0.272 e. The molecule has 1 aromatic carbocycles. The summed E-state index contributed by atoms with van der Waals surface area (Å²) >= 11 is 0. The SMILES string of the molecule is Cc1ccc(C(C)NC(=O)CC2COCCN2)cc1[N+](=O)[O-]. The summed E-state index contributed by atoms with van der Waals surface area (Å²) in [6.07, 6.45) is 0.332. The van der Waals surface area contributed by atoms with Crippen LogP contribution >= 0.6 is 0 Å². The first-order valence-electron chi connectivity index (χ1n) is 7.33. The number of nitrogens with one attached hydrogen (secondary N) is 2. The lowest BCUT2D eigenvalue weighted by molar-refractivity contribution is -0.385. The van der Waals surface area contributed by atoms with Crippen molar-refractivity contribution in [1.29, 1.82) is 0 Å². The van der Waals surface area contributed by atoms with E-state index in [-0.39, 0.29) is 23.7 Å². The van der Waals surface area contributed by atoms with E-state index in [0.29, 0.717) is 25.2 Å². The number of aryl methyl sites for hydroxylation is 1. The number of rotatable bonds is 5. The third-order valence-electron chi connectivity index (χ3n) is 3.74. The highest BCUT2D eigenvalue weighted by atomic mass is 16.6. The Labute approximate surface area is 129 Å². The lowest BCUT2D eigenvalue weighted by Gasteiger charge is -2.24. The second-order valence-corrected chi connectivity index (χ2v) is 5.52. The number of carbonyl (C=O) groups is 1. The summed E-state index contributed by atoms with van der Waals surface area (Å²) in [5.74, 6) is -0.0984. The average molecular weight is 307 g/mol. The molecule has 120 valence electrons. The number of ether oxygens (including phenoxy) is 1. The molecule has 2 unspecified atom stereocenters. The van der Waals surface area contributed by atoms with Gasteiger partial charge >= 0.3 is 0 Å². The zero-order valence-electron chi connectivity index (χ0n) is 12.8. The number of amides is 1. The van der Waals surface area contributed by atoms with Crippen LogP contribution in [0.1, 0.15) is 30.5 Å². The van der Waals surface area contributed by atoms with Crippen molar-refractivity contribution in [3.63, 3.8) is 0 Å². The lowest BCUT2D eigenvalue weighted by Crippen LogP contribution is -2.44. The standard InChI is InChI=1S/C15H21N3O4/c1-10-3-4-12(7-14(10)18(20)21)11(2)17-15(19)8-13-9-22-6-5-16-13/h3-4,7,11,13,16H,5-6,8-9H2,1-2H3,(H,17,19). The Balaban J connectivity index is 1.96. The fraction of sp³-hybridized carbons (Fsp3) is 0.533. The van der Waals surface area contributed by atoms with Gasteiger partial charge in [-0.25, -0.2) is 0 Å². The van der Waals surface area contributed by atoms with E-state index in [1.165, 1.54) is 6.07 Å². The number of hydrogen-bond acceptors (Lipinski definition) is 5. The van der Waals surface area contributed by atoms with Crippen LogP contribution in [0.15, 0.2) is 18.2 Å². The summed E-state index contributed by atoms with van der Waals surface area (Å²) in [5, 5.41) is 17.1.